The molecule has 0 unspecified atom stereocenters. The molecule has 0 saturated carbocycles. The molecule has 36 heavy (non-hydrogen) atoms. The van der Waals surface area contributed by atoms with Gasteiger partial charge in [0.05, 0.1) is 0 Å². The van der Waals surface area contributed by atoms with E-state index in [-0.39, 0.29) is 12.1 Å². The molecule has 2 aromatic carbocycles. The van der Waals surface area contributed by atoms with Crippen LogP contribution < -0.4 is 0 Å². The average Bonchev–Trinajstić information content (AvgIpc) is 2.81. The van der Waals surface area contributed by atoms with Crippen LogP contribution in [0.1, 0.15) is 23.2 Å². The summed E-state index contributed by atoms with van der Waals surface area (Å²) in [5, 5.41) is 0. The van der Waals surface area contributed by atoms with Gasteiger partial charge in [-0.3, -0.25) is 28.0 Å². The largest absolute Gasteiger partial charge is 0.252 e. The van der Waals surface area contributed by atoms with E-state index in [0.29, 0.717) is 0 Å². The maximum Gasteiger partial charge on any atom is 0.167 e. The van der Waals surface area contributed by atoms with Crippen molar-refractivity contribution in [3.63, 3.8) is 0 Å². The van der Waals surface area contributed by atoms with Crippen LogP contribution >= 0.6 is 15.0 Å². The quantitative estimate of drug-likeness (QED) is 0.343. The highest BCUT2D eigenvalue weighted by molar-refractivity contribution is 7.59. The van der Waals surface area contributed by atoms with Crippen molar-refractivity contribution >= 4 is 15.0 Å². The van der Waals surface area contributed by atoms with E-state index in [9.17, 15) is 0 Å². The van der Waals surface area contributed by atoms with Gasteiger partial charge in [-0.1, -0.05) is 60.7 Å². The molecule has 2 atom stereocenters. The molecular formula is C26H48N8P2. The van der Waals surface area contributed by atoms with Gasteiger partial charge >= 0.3 is 0 Å². The van der Waals surface area contributed by atoms with Crippen LogP contribution in [0.3, 0.4) is 0 Å². The number of hydrogen-bond donors (Lipinski definition) is 0. The number of benzene rings is 2. The monoisotopic (exact) mass is 534 g/mol. The van der Waals surface area contributed by atoms with E-state index in [1.54, 1.807) is 0 Å². The van der Waals surface area contributed by atoms with Gasteiger partial charge in [0.1, 0.15) is 12.1 Å². The Kier molecular flexibility index (Phi) is 11.1. The van der Waals surface area contributed by atoms with Crippen LogP contribution in [0.5, 0.6) is 0 Å². The molecule has 0 spiro atoms. The van der Waals surface area contributed by atoms with E-state index >= 15 is 0 Å². The van der Waals surface area contributed by atoms with Gasteiger partial charge in [-0.25, -0.2) is 9.49 Å². The van der Waals surface area contributed by atoms with Gasteiger partial charge < -0.3 is 0 Å². The maximum atomic E-state index is 5.77. The van der Waals surface area contributed by atoms with Crippen LogP contribution in [0.2, 0.25) is 0 Å². The van der Waals surface area contributed by atoms with Crippen LogP contribution in [0.4, 0.5) is 0 Å². The summed E-state index contributed by atoms with van der Waals surface area (Å²) < 4.78 is 25.2. The van der Waals surface area contributed by atoms with E-state index < -0.39 is 15.0 Å². The molecule has 0 aromatic heterocycles. The topological polar surface area (TPSA) is 44.2 Å². The Morgan fingerprint density at radius 3 is 0.833 bits per heavy atom. The standard InChI is InChI=1S/C26H48N8P2/c1-29(2)35(30(3)4,31(5)6)27-25(23-19-15-13-16-20-23)26(24-21-17-14-18-22-24)28-36(32(7)8,33(9)10)34(11)12/h13-22,25-26H,1-12H3/t25-,26-/m1/s1. The molecule has 10 heteroatoms. The molecule has 0 bridgehead atoms. The number of nitrogens with zero attached hydrogens (tertiary/aromatic N) is 8. The summed E-state index contributed by atoms with van der Waals surface area (Å²) in [6.45, 7) is 0. The van der Waals surface area contributed by atoms with Crippen molar-refractivity contribution in [3.05, 3.63) is 71.8 Å². The molecule has 0 aliphatic rings. The van der Waals surface area contributed by atoms with Crippen molar-refractivity contribution in [2.24, 2.45) is 9.49 Å². The first-order valence-corrected chi connectivity index (χ1v) is 15.4. The minimum Gasteiger partial charge on any atom is -0.252 e. The van der Waals surface area contributed by atoms with E-state index in [1.165, 1.54) is 11.1 Å². The first-order valence-electron chi connectivity index (χ1n) is 12.2. The SMILES string of the molecule is CN(C)P(=N[C@H](c1ccccc1)[C@H](N=P(N(C)C)(N(C)C)N(C)C)c1ccccc1)(N(C)C)N(C)C. The molecule has 0 heterocycles. The van der Waals surface area contributed by atoms with Gasteiger partial charge in [0, 0.05) is 0 Å². The summed E-state index contributed by atoms with van der Waals surface area (Å²) in [5.74, 6) is 0. The second kappa shape index (κ2) is 12.9. The third-order valence-corrected chi connectivity index (χ3v) is 13.9. The first-order chi connectivity index (χ1) is 16.8. The minimum atomic E-state index is -2.21. The Morgan fingerprint density at radius 1 is 0.417 bits per heavy atom. The highest BCUT2D eigenvalue weighted by Crippen LogP contribution is 2.62. The zero-order valence-corrected chi connectivity index (χ0v) is 26.2. The van der Waals surface area contributed by atoms with Crippen molar-refractivity contribution in [2.75, 3.05) is 84.6 Å². The molecule has 0 aliphatic carbocycles. The lowest BCUT2D eigenvalue weighted by molar-refractivity contribution is 0.446. The summed E-state index contributed by atoms with van der Waals surface area (Å²) in [6, 6.07) is 20.9. The molecule has 2 aromatic rings. The van der Waals surface area contributed by atoms with Crippen LogP contribution in [-0.2, 0) is 0 Å². The van der Waals surface area contributed by atoms with E-state index in [2.05, 4.69) is 173 Å². The summed E-state index contributed by atoms with van der Waals surface area (Å²) in [5.41, 5.74) is 2.33. The Hall–Kier alpha value is -1.34. The van der Waals surface area contributed by atoms with Crippen molar-refractivity contribution in [3.8, 4) is 0 Å². The molecule has 0 amide bonds. The highest BCUT2D eigenvalue weighted by Gasteiger charge is 2.37. The van der Waals surface area contributed by atoms with Gasteiger partial charge in [0.25, 0.3) is 0 Å². The highest BCUT2D eigenvalue weighted by atomic mass is 31.2. The summed E-state index contributed by atoms with van der Waals surface area (Å²) >= 11 is 0. The Morgan fingerprint density at radius 2 is 0.639 bits per heavy atom. The fraction of sp³-hybridized carbons (Fsp3) is 0.538. The van der Waals surface area contributed by atoms with Gasteiger partial charge in [0.15, 0.2) is 15.0 Å². The summed E-state index contributed by atoms with van der Waals surface area (Å²) in [6.07, 6.45) is 0. The lowest BCUT2D eigenvalue weighted by Gasteiger charge is -2.44. The second-order valence-electron chi connectivity index (χ2n) is 10.1. The molecule has 0 fully saturated rings. The van der Waals surface area contributed by atoms with Crippen molar-refractivity contribution in [2.45, 2.75) is 12.1 Å². The van der Waals surface area contributed by atoms with E-state index in [1.807, 2.05) is 0 Å². The predicted molar refractivity (Wildman–Crippen MR) is 159 cm³/mol. The average molecular weight is 535 g/mol. The molecule has 0 saturated heterocycles. The van der Waals surface area contributed by atoms with Gasteiger partial charge in [-0.2, -0.15) is 0 Å². The van der Waals surface area contributed by atoms with Crippen molar-refractivity contribution in [1.29, 1.82) is 0 Å². The first kappa shape index (κ1) is 30.9. The molecule has 2 rings (SSSR count). The molecule has 0 N–H and O–H groups in total. The Bertz CT molecular complexity index is 908. The van der Waals surface area contributed by atoms with Gasteiger partial charge in [-0.05, 0) is 95.7 Å². The summed E-state index contributed by atoms with van der Waals surface area (Å²) in [4.78, 5) is 0. The molecular weight excluding hydrogens is 486 g/mol. The Labute approximate surface area is 220 Å². The third kappa shape index (κ3) is 6.20. The Balaban J connectivity index is 3.09. The fourth-order valence-electron chi connectivity index (χ4n) is 5.02. The van der Waals surface area contributed by atoms with E-state index in [4.69, 9.17) is 9.49 Å². The summed E-state index contributed by atoms with van der Waals surface area (Å²) in [7, 11) is 21.1. The number of hydrogen-bond acceptors (Lipinski definition) is 2. The lowest BCUT2D eigenvalue weighted by atomic mass is 9.95. The fourth-order valence-corrected chi connectivity index (χ4v) is 11.7. The van der Waals surface area contributed by atoms with Crippen LogP contribution in [0, 0.1) is 0 Å². The van der Waals surface area contributed by atoms with Gasteiger partial charge in [-0.15, -0.1) is 0 Å². The smallest absolute Gasteiger partial charge is 0.167 e. The minimum absolute atomic E-state index is 0.187. The lowest BCUT2D eigenvalue weighted by Crippen LogP contribution is -2.32. The molecule has 202 valence electrons. The molecule has 8 nitrogen and oxygen atoms in total. The zero-order valence-electron chi connectivity index (χ0n) is 24.4. The number of rotatable bonds is 11. The van der Waals surface area contributed by atoms with Crippen LogP contribution in [0.25, 0.3) is 0 Å². The van der Waals surface area contributed by atoms with Crippen molar-refractivity contribution < 1.29 is 0 Å². The van der Waals surface area contributed by atoms with E-state index in [0.717, 1.165) is 0 Å². The maximum absolute atomic E-state index is 5.77. The third-order valence-electron chi connectivity index (χ3n) is 6.36. The van der Waals surface area contributed by atoms with Crippen molar-refractivity contribution in [1.82, 2.24) is 28.0 Å². The van der Waals surface area contributed by atoms with Gasteiger partial charge in [0.2, 0.25) is 0 Å². The normalized spacial score (nSPS) is 14.8. The molecule has 0 radical (unpaired) electrons. The zero-order chi connectivity index (χ0) is 27.3. The van der Waals surface area contributed by atoms with Crippen LogP contribution in [-0.4, -0.2) is 113 Å². The predicted octanol–water partition coefficient (Wildman–Crippen LogP) is 5.73. The molecule has 0 aliphatic heterocycles. The second-order valence-corrected chi connectivity index (χ2v) is 17.5. The van der Waals surface area contributed by atoms with Crippen LogP contribution in [0.15, 0.2) is 70.2 Å².